The van der Waals surface area contributed by atoms with Crippen LogP contribution >= 0.6 is 15.9 Å². The van der Waals surface area contributed by atoms with Crippen molar-refractivity contribution >= 4 is 27.5 Å². The Bertz CT molecular complexity index is 755. The van der Waals surface area contributed by atoms with Gasteiger partial charge in [0.1, 0.15) is 6.33 Å². The highest BCUT2D eigenvalue weighted by atomic mass is 79.9. The minimum atomic E-state index is -0.351. The lowest BCUT2D eigenvalue weighted by atomic mass is 10.5. The fourth-order valence-electron chi connectivity index (χ4n) is 1.37. The molecule has 9 nitrogen and oxygen atoms in total. The van der Waals surface area contributed by atoms with Crippen LogP contribution in [-0.4, -0.2) is 34.3 Å². The maximum absolute atomic E-state index is 11.2. The highest BCUT2D eigenvalue weighted by Gasteiger charge is 2.10. The number of fused-ring (bicyclic) bond motifs is 1. The van der Waals surface area contributed by atoms with Crippen molar-refractivity contribution in [1.82, 2.24) is 34.3 Å². The largest absolute Gasteiger partial charge is 0.366 e. The number of nitrogens with one attached hydrogen (secondary N) is 1. The highest BCUT2D eigenvalue weighted by molar-refractivity contribution is 9.10. The molecule has 0 unspecified atom stereocenters. The average molecular weight is 297 g/mol. The number of nitrogen functional groups attached to an aromatic ring is 1. The number of nitrogens with two attached hydrogens (primary N) is 1. The average Bonchev–Trinajstić information content (AvgIpc) is 2.82. The first-order valence-electron chi connectivity index (χ1n) is 4.46. The topological polar surface area (TPSA) is 120 Å². The Kier molecular flexibility index (Phi) is 1.98. The predicted octanol–water partition coefficient (Wildman–Crippen LogP) is -0.657. The zero-order valence-corrected chi connectivity index (χ0v) is 9.79. The van der Waals surface area contributed by atoms with Gasteiger partial charge in [0, 0.05) is 6.07 Å². The van der Waals surface area contributed by atoms with E-state index < -0.39 is 0 Å². The van der Waals surface area contributed by atoms with Crippen molar-refractivity contribution in [1.29, 1.82) is 0 Å². The minimum absolute atomic E-state index is 0.123. The number of halogens is 1. The van der Waals surface area contributed by atoms with Crippen molar-refractivity contribution in [3.63, 3.8) is 0 Å². The number of rotatable bonds is 1. The van der Waals surface area contributed by atoms with Gasteiger partial charge in [-0.2, -0.15) is 14.8 Å². The van der Waals surface area contributed by atoms with E-state index in [2.05, 4.69) is 41.2 Å². The molecule has 3 rings (SSSR count). The molecule has 0 spiro atoms. The number of anilines is 1. The van der Waals surface area contributed by atoms with Gasteiger partial charge in [-0.05, 0) is 15.9 Å². The van der Waals surface area contributed by atoms with Gasteiger partial charge in [-0.15, -0.1) is 5.10 Å². The van der Waals surface area contributed by atoms with Crippen molar-refractivity contribution < 1.29 is 0 Å². The van der Waals surface area contributed by atoms with E-state index in [1.807, 2.05) is 0 Å². The molecule has 0 fully saturated rings. The van der Waals surface area contributed by atoms with E-state index in [0.717, 1.165) is 0 Å². The summed E-state index contributed by atoms with van der Waals surface area (Å²) in [4.78, 5) is 19.2. The van der Waals surface area contributed by atoms with Crippen LogP contribution in [0.4, 0.5) is 5.95 Å². The molecule has 17 heavy (non-hydrogen) atoms. The van der Waals surface area contributed by atoms with Crippen LogP contribution in [0.25, 0.3) is 11.5 Å². The molecule has 0 saturated carbocycles. The van der Waals surface area contributed by atoms with Gasteiger partial charge in [0.25, 0.3) is 0 Å². The minimum Gasteiger partial charge on any atom is -0.366 e. The van der Waals surface area contributed by atoms with Gasteiger partial charge in [0.05, 0.1) is 0 Å². The summed E-state index contributed by atoms with van der Waals surface area (Å²) in [6, 6.07) is 1.58. The molecule has 0 aliphatic rings. The number of hydrogen-bond donors (Lipinski definition) is 2. The lowest BCUT2D eigenvalue weighted by Gasteiger charge is -1.99. The molecule has 0 saturated heterocycles. The second-order valence-corrected chi connectivity index (χ2v) is 3.86. The molecule has 86 valence electrons. The van der Waals surface area contributed by atoms with Crippen molar-refractivity contribution in [2.45, 2.75) is 0 Å². The second-order valence-electron chi connectivity index (χ2n) is 3.15. The third-order valence-corrected chi connectivity index (χ3v) is 2.61. The standard InChI is InChI=1S/C7H5BrN8O/c8-5-11-6(9)14-16(5)3-1-4-12-13-7(17)15(4)2-10-3/h1-2H,(H2,9,14)(H,13,17). The summed E-state index contributed by atoms with van der Waals surface area (Å²) in [7, 11) is 0. The number of H-pyrrole nitrogens is 1. The van der Waals surface area contributed by atoms with E-state index in [4.69, 9.17) is 5.73 Å². The summed E-state index contributed by atoms with van der Waals surface area (Å²) in [6.45, 7) is 0. The normalized spacial score (nSPS) is 11.1. The van der Waals surface area contributed by atoms with Gasteiger partial charge >= 0.3 is 5.69 Å². The van der Waals surface area contributed by atoms with Crippen LogP contribution in [0.15, 0.2) is 21.9 Å². The van der Waals surface area contributed by atoms with Crippen molar-refractivity contribution in [3.05, 3.63) is 27.6 Å². The Balaban J connectivity index is 2.24. The lowest BCUT2D eigenvalue weighted by Crippen LogP contribution is -2.10. The Labute approximate surface area is 101 Å². The monoisotopic (exact) mass is 296 g/mol. The van der Waals surface area contributed by atoms with Gasteiger partial charge in [-0.1, -0.05) is 0 Å². The molecule has 3 aromatic heterocycles. The van der Waals surface area contributed by atoms with Gasteiger partial charge in [-0.3, -0.25) is 0 Å². The molecule has 3 heterocycles. The maximum atomic E-state index is 11.2. The van der Waals surface area contributed by atoms with E-state index in [9.17, 15) is 4.79 Å². The zero-order valence-electron chi connectivity index (χ0n) is 8.20. The van der Waals surface area contributed by atoms with Gasteiger partial charge in [-0.25, -0.2) is 19.3 Å². The van der Waals surface area contributed by atoms with Crippen molar-refractivity contribution in [3.8, 4) is 5.82 Å². The Hall–Kier alpha value is -2.23. The summed E-state index contributed by atoms with van der Waals surface area (Å²) < 4.78 is 3.09. The van der Waals surface area contributed by atoms with Crippen LogP contribution in [0.1, 0.15) is 0 Å². The Morgan fingerprint density at radius 1 is 1.47 bits per heavy atom. The van der Waals surface area contributed by atoms with E-state index in [0.29, 0.717) is 16.2 Å². The Morgan fingerprint density at radius 3 is 3.00 bits per heavy atom. The molecule has 0 atom stereocenters. The number of aromatic nitrogens is 7. The van der Waals surface area contributed by atoms with Gasteiger partial charge in [0.2, 0.25) is 10.7 Å². The molecule has 0 aromatic carbocycles. The summed E-state index contributed by atoms with van der Waals surface area (Å²) in [6.07, 6.45) is 1.35. The summed E-state index contributed by atoms with van der Waals surface area (Å²) in [5.41, 5.74) is 5.54. The molecule has 0 aliphatic heterocycles. The fraction of sp³-hybridized carbons (Fsp3) is 0. The molecule has 0 radical (unpaired) electrons. The summed E-state index contributed by atoms with van der Waals surface area (Å²) in [5, 5.41) is 10.1. The van der Waals surface area contributed by atoms with Crippen LogP contribution in [0.3, 0.4) is 0 Å². The third kappa shape index (κ3) is 1.49. The number of aromatic amines is 1. The van der Waals surface area contributed by atoms with E-state index >= 15 is 0 Å². The third-order valence-electron chi connectivity index (χ3n) is 2.10. The maximum Gasteiger partial charge on any atom is 0.348 e. The first kappa shape index (κ1) is 9.96. The first-order chi connectivity index (χ1) is 8.15. The van der Waals surface area contributed by atoms with Crippen molar-refractivity contribution in [2.24, 2.45) is 0 Å². The van der Waals surface area contributed by atoms with Crippen LogP contribution in [0.2, 0.25) is 0 Å². The van der Waals surface area contributed by atoms with Crippen molar-refractivity contribution in [2.75, 3.05) is 5.73 Å². The molecule has 0 bridgehead atoms. The molecule has 0 aliphatic carbocycles. The highest BCUT2D eigenvalue weighted by Crippen LogP contribution is 2.13. The van der Waals surface area contributed by atoms with E-state index in [-0.39, 0.29) is 11.6 Å². The molecule has 0 amide bonds. The molecular formula is C7H5BrN8O. The quantitative estimate of drug-likeness (QED) is 0.615. The first-order valence-corrected chi connectivity index (χ1v) is 5.25. The van der Waals surface area contributed by atoms with E-state index in [1.165, 1.54) is 15.4 Å². The number of hydrogen-bond acceptors (Lipinski definition) is 6. The lowest BCUT2D eigenvalue weighted by molar-refractivity contribution is 0.817. The zero-order chi connectivity index (χ0) is 12.0. The number of nitrogens with zero attached hydrogens (tertiary/aromatic N) is 6. The molecule has 3 aromatic rings. The molecule has 10 heteroatoms. The molecular weight excluding hydrogens is 292 g/mol. The van der Waals surface area contributed by atoms with Crippen LogP contribution < -0.4 is 11.4 Å². The SMILES string of the molecule is Nc1nc(Br)n(-c2cc3n[nH]c(=O)n3cn2)n1. The summed E-state index contributed by atoms with van der Waals surface area (Å²) >= 11 is 3.20. The smallest absolute Gasteiger partial charge is 0.348 e. The molecule has 3 N–H and O–H groups in total. The van der Waals surface area contributed by atoms with Crippen LogP contribution in [0.5, 0.6) is 0 Å². The summed E-state index contributed by atoms with van der Waals surface area (Å²) in [5.74, 6) is 0.575. The predicted molar refractivity (Wildman–Crippen MR) is 60.6 cm³/mol. The second kappa shape index (κ2) is 3.38. The van der Waals surface area contributed by atoms with E-state index in [1.54, 1.807) is 6.07 Å². The van der Waals surface area contributed by atoms with Crippen LogP contribution in [-0.2, 0) is 0 Å². The fourth-order valence-corrected chi connectivity index (χ4v) is 1.81. The van der Waals surface area contributed by atoms with Crippen LogP contribution in [0, 0.1) is 0 Å². The van der Waals surface area contributed by atoms with Gasteiger partial charge in [0.15, 0.2) is 11.5 Å². The Morgan fingerprint density at radius 2 is 2.29 bits per heavy atom. The van der Waals surface area contributed by atoms with Gasteiger partial charge < -0.3 is 5.73 Å².